The van der Waals surface area contributed by atoms with Crippen LogP contribution in [0.3, 0.4) is 0 Å². The summed E-state index contributed by atoms with van der Waals surface area (Å²) < 4.78 is 0. The summed E-state index contributed by atoms with van der Waals surface area (Å²) in [5.74, 6) is 0.812. The summed E-state index contributed by atoms with van der Waals surface area (Å²) in [6.45, 7) is 6.01. The van der Waals surface area contributed by atoms with Crippen molar-refractivity contribution in [3.63, 3.8) is 0 Å². The number of nitrogens with zero attached hydrogens (tertiary/aromatic N) is 1. The van der Waals surface area contributed by atoms with Crippen molar-refractivity contribution in [3.05, 3.63) is 0 Å². The lowest BCUT2D eigenvalue weighted by Crippen LogP contribution is -2.52. The van der Waals surface area contributed by atoms with E-state index in [0.717, 1.165) is 24.0 Å². The topological polar surface area (TPSA) is 15.3 Å². The molecule has 0 aromatic heterocycles. The molecule has 2 fully saturated rings. The molecule has 1 saturated heterocycles. The summed E-state index contributed by atoms with van der Waals surface area (Å²) in [4.78, 5) is 2.50. The maximum absolute atomic E-state index is 3.89. The number of hydrogen-bond donors (Lipinski definition) is 1. The van der Waals surface area contributed by atoms with E-state index in [1.807, 2.05) is 0 Å². The van der Waals surface area contributed by atoms with Gasteiger partial charge in [-0.2, -0.15) is 0 Å². The number of piperidine rings is 1. The fourth-order valence-corrected chi connectivity index (χ4v) is 3.17. The van der Waals surface area contributed by atoms with Gasteiger partial charge in [-0.1, -0.05) is 19.8 Å². The minimum absolute atomic E-state index is 0.750. The minimum atomic E-state index is 0.750. The van der Waals surface area contributed by atoms with Crippen LogP contribution in [0.25, 0.3) is 0 Å². The van der Waals surface area contributed by atoms with Crippen molar-refractivity contribution >= 4 is 0 Å². The fourth-order valence-electron chi connectivity index (χ4n) is 3.17. The van der Waals surface area contributed by atoms with Gasteiger partial charge in [-0.25, -0.2) is 0 Å². The molecule has 3 atom stereocenters. The van der Waals surface area contributed by atoms with Gasteiger partial charge < -0.3 is 10.2 Å². The van der Waals surface area contributed by atoms with Crippen molar-refractivity contribution in [2.75, 3.05) is 13.6 Å². The molecule has 0 unspecified atom stereocenters. The van der Waals surface area contributed by atoms with Crippen LogP contribution < -0.4 is 5.32 Å². The van der Waals surface area contributed by atoms with Gasteiger partial charge in [0.25, 0.3) is 0 Å². The second-order valence-electron chi connectivity index (χ2n) is 5.76. The molecule has 0 spiro atoms. The minimum Gasteiger partial charge on any atom is -0.311 e. The predicted octanol–water partition coefficient (Wildman–Crippen LogP) is 2.25. The lowest BCUT2D eigenvalue weighted by Gasteiger charge is -2.41. The van der Waals surface area contributed by atoms with Gasteiger partial charge in [0, 0.05) is 24.7 Å². The van der Waals surface area contributed by atoms with Crippen molar-refractivity contribution in [1.82, 2.24) is 10.2 Å². The second-order valence-corrected chi connectivity index (χ2v) is 5.76. The normalized spacial score (nSPS) is 39.8. The van der Waals surface area contributed by atoms with Gasteiger partial charge in [0.05, 0.1) is 0 Å². The Hall–Kier alpha value is -0.0800. The molecule has 1 heterocycles. The fraction of sp³-hybridized carbons (Fsp3) is 1.00. The Balaban J connectivity index is 1.85. The van der Waals surface area contributed by atoms with Gasteiger partial charge in [-0.3, -0.25) is 0 Å². The van der Waals surface area contributed by atoms with E-state index >= 15 is 0 Å². The van der Waals surface area contributed by atoms with Gasteiger partial charge >= 0.3 is 0 Å². The molecule has 1 aliphatic carbocycles. The van der Waals surface area contributed by atoms with E-state index in [4.69, 9.17) is 0 Å². The Kier molecular flexibility index (Phi) is 3.68. The average Bonchev–Trinajstić information content (AvgIpc) is 2.67. The van der Waals surface area contributed by atoms with Gasteiger partial charge in [0.2, 0.25) is 0 Å². The zero-order chi connectivity index (χ0) is 10.8. The van der Waals surface area contributed by atoms with E-state index in [1.165, 1.54) is 38.6 Å². The molecule has 1 N–H and O–H groups in total. The van der Waals surface area contributed by atoms with Crippen LogP contribution in [0.4, 0.5) is 0 Å². The predicted molar refractivity (Wildman–Crippen MR) is 65.1 cm³/mol. The largest absolute Gasteiger partial charge is 0.311 e. The van der Waals surface area contributed by atoms with E-state index in [9.17, 15) is 0 Å². The molecule has 2 nitrogen and oxygen atoms in total. The first-order valence-electron chi connectivity index (χ1n) is 6.63. The van der Waals surface area contributed by atoms with Crippen LogP contribution in [0.2, 0.25) is 0 Å². The van der Waals surface area contributed by atoms with Crippen molar-refractivity contribution in [3.8, 4) is 0 Å². The van der Waals surface area contributed by atoms with E-state index in [2.05, 4.69) is 31.1 Å². The summed E-state index contributed by atoms with van der Waals surface area (Å²) in [6.07, 6.45) is 7.03. The SMILES string of the molecule is C[C@@H]1CN(C)[C@H](C)C[C@@H]1NC1CCCC1. The highest BCUT2D eigenvalue weighted by molar-refractivity contribution is 4.89. The van der Waals surface area contributed by atoms with E-state index in [-0.39, 0.29) is 0 Å². The summed E-state index contributed by atoms with van der Waals surface area (Å²) in [5.41, 5.74) is 0. The highest BCUT2D eigenvalue weighted by Gasteiger charge is 2.30. The highest BCUT2D eigenvalue weighted by atomic mass is 15.2. The molecule has 0 radical (unpaired) electrons. The number of hydrogen-bond acceptors (Lipinski definition) is 2. The molecule has 1 aliphatic heterocycles. The van der Waals surface area contributed by atoms with Crippen LogP contribution in [0.5, 0.6) is 0 Å². The molecule has 1 saturated carbocycles. The average molecular weight is 210 g/mol. The summed E-state index contributed by atoms with van der Waals surface area (Å²) in [7, 11) is 2.26. The number of likely N-dealkylation sites (tertiary alicyclic amines) is 1. The van der Waals surface area contributed by atoms with Crippen molar-refractivity contribution in [2.45, 2.75) is 64.1 Å². The first-order chi connectivity index (χ1) is 7.16. The standard InChI is InChI=1S/C13H26N2/c1-10-9-15(3)11(2)8-13(10)14-12-6-4-5-7-12/h10-14H,4-9H2,1-3H3/t10-,11-,13+/m1/s1. The zero-order valence-electron chi connectivity index (χ0n) is 10.5. The molecular formula is C13H26N2. The maximum Gasteiger partial charge on any atom is 0.0122 e. The Bertz CT molecular complexity index is 199. The Morgan fingerprint density at radius 2 is 1.80 bits per heavy atom. The van der Waals surface area contributed by atoms with Crippen LogP contribution in [0.15, 0.2) is 0 Å². The Labute approximate surface area is 94.4 Å². The maximum atomic E-state index is 3.89. The Morgan fingerprint density at radius 3 is 2.47 bits per heavy atom. The molecule has 0 aromatic rings. The summed E-state index contributed by atoms with van der Waals surface area (Å²) in [5, 5.41) is 3.89. The lowest BCUT2D eigenvalue weighted by atomic mass is 9.89. The number of rotatable bonds is 2. The van der Waals surface area contributed by atoms with E-state index in [1.54, 1.807) is 0 Å². The van der Waals surface area contributed by atoms with Crippen LogP contribution in [0, 0.1) is 5.92 Å². The smallest absolute Gasteiger partial charge is 0.0122 e. The third-order valence-corrected chi connectivity index (χ3v) is 4.42. The number of nitrogens with one attached hydrogen (secondary N) is 1. The first kappa shape index (κ1) is 11.4. The van der Waals surface area contributed by atoms with Crippen LogP contribution in [0.1, 0.15) is 46.0 Å². The highest BCUT2D eigenvalue weighted by Crippen LogP contribution is 2.24. The van der Waals surface area contributed by atoms with Gasteiger partial charge in [0.1, 0.15) is 0 Å². The Morgan fingerprint density at radius 1 is 1.13 bits per heavy atom. The summed E-state index contributed by atoms with van der Waals surface area (Å²) in [6, 6.07) is 2.34. The second kappa shape index (κ2) is 4.84. The molecule has 2 heteroatoms. The summed E-state index contributed by atoms with van der Waals surface area (Å²) >= 11 is 0. The molecule has 2 rings (SSSR count). The molecule has 0 aromatic carbocycles. The van der Waals surface area contributed by atoms with Crippen molar-refractivity contribution in [1.29, 1.82) is 0 Å². The van der Waals surface area contributed by atoms with Gasteiger partial charge in [-0.15, -0.1) is 0 Å². The molecular weight excluding hydrogens is 184 g/mol. The van der Waals surface area contributed by atoms with Crippen molar-refractivity contribution < 1.29 is 0 Å². The van der Waals surface area contributed by atoms with Crippen molar-refractivity contribution in [2.24, 2.45) is 5.92 Å². The van der Waals surface area contributed by atoms with E-state index < -0.39 is 0 Å². The third kappa shape index (κ3) is 2.73. The monoisotopic (exact) mass is 210 g/mol. The third-order valence-electron chi connectivity index (χ3n) is 4.42. The van der Waals surface area contributed by atoms with E-state index in [0.29, 0.717) is 0 Å². The van der Waals surface area contributed by atoms with Crippen LogP contribution in [-0.2, 0) is 0 Å². The first-order valence-corrected chi connectivity index (χ1v) is 6.63. The van der Waals surface area contributed by atoms with Gasteiger partial charge in [-0.05, 0) is 39.2 Å². The quantitative estimate of drug-likeness (QED) is 0.752. The van der Waals surface area contributed by atoms with Crippen LogP contribution >= 0.6 is 0 Å². The molecule has 0 amide bonds. The van der Waals surface area contributed by atoms with Crippen LogP contribution in [-0.4, -0.2) is 36.6 Å². The molecule has 0 bridgehead atoms. The molecule has 2 aliphatic rings. The molecule has 88 valence electrons. The lowest BCUT2D eigenvalue weighted by molar-refractivity contribution is 0.116. The zero-order valence-corrected chi connectivity index (χ0v) is 10.5. The van der Waals surface area contributed by atoms with Gasteiger partial charge in [0.15, 0.2) is 0 Å². The molecule has 15 heavy (non-hydrogen) atoms.